The molecule has 1 amide bonds. The van der Waals surface area contributed by atoms with E-state index < -0.39 is 17.6 Å². The number of carbonyl (C=O) groups is 3. The van der Waals surface area contributed by atoms with Crippen LogP contribution < -0.4 is 10.1 Å². The molecule has 2 aromatic carbocycles. The van der Waals surface area contributed by atoms with Gasteiger partial charge >= 0.3 is 5.97 Å². The molecule has 0 unspecified atom stereocenters. The number of Topliss-reactive ketones (excluding diaryl/α,β-unsaturated/α-hetero) is 1. The lowest BCUT2D eigenvalue weighted by molar-refractivity contribution is -0.136. The van der Waals surface area contributed by atoms with E-state index in [1.54, 1.807) is 48.7 Å². The van der Waals surface area contributed by atoms with E-state index >= 15 is 0 Å². The van der Waals surface area contributed by atoms with Crippen LogP contribution in [0.5, 0.6) is 11.5 Å². The predicted octanol–water partition coefficient (Wildman–Crippen LogP) is 5.75. The van der Waals surface area contributed by atoms with Crippen molar-refractivity contribution in [1.29, 1.82) is 0 Å². The van der Waals surface area contributed by atoms with E-state index in [1.807, 2.05) is 0 Å². The van der Waals surface area contributed by atoms with Crippen LogP contribution in [0, 0.1) is 18.6 Å². The fourth-order valence-corrected chi connectivity index (χ4v) is 4.61. The van der Waals surface area contributed by atoms with Crippen LogP contribution in [0.4, 0.5) is 8.78 Å². The Kier molecular flexibility index (Phi) is 8.77. The number of carboxylic acid groups (broad SMARTS) is 1. The highest BCUT2D eigenvalue weighted by Gasteiger charge is 2.15. The van der Waals surface area contributed by atoms with Crippen molar-refractivity contribution in [2.75, 3.05) is 6.54 Å². The van der Waals surface area contributed by atoms with Gasteiger partial charge in [0, 0.05) is 48.7 Å². The topological polar surface area (TPSA) is 106 Å². The minimum Gasteiger partial charge on any atom is -0.481 e. The number of pyridine rings is 1. The van der Waals surface area contributed by atoms with Crippen molar-refractivity contribution in [1.82, 2.24) is 10.3 Å². The molecule has 200 valence electrons. The first-order valence-electron chi connectivity index (χ1n) is 12.0. The molecule has 0 bridgehead atoms. The van der Waals surface area contributed by atoms with Crippen molar-refractivity contribution in [2.24, 2.45) is 0 Å². The number of benzene rings is 2. The van der Waals surface area contributed by atoms with Crippen molar-refractivity contribution >= 4 is 29.0 Å². The van der Waals surface area contributed by atoms with Crippen LogP contribution in [-0.2, 0) is 22.4 Å². The predicted molar refractivity (Wildman–Crippen MR) is 142 cm³/mol. The van der Waals surface area contributed by atoms with Gasteiger partial charge in [0.1, 0.15) is 28.9 Å². The minimum atomic E-state index is -0.999. The Bertz CT molecular complexity index is 1540. The van der Waals surface area contributed by atoms with Crippen molar-refractivity contribution in [3.05, 3.63) is 99.4 Å². The van der Waals surface area contributed by atoms with Crippen LogP contribution in [0.15, 0.2) is 66.2 Å². The van der Waals surface area contributed by atoms with E-state index in [2.05, 4.69) is 10.3 Å². The summed E-state index contributed by atoms with van der Waals surface area (Å²) in [6.45, 7) is 1.83. The molecule has 7 nitrogen and oxygen atoms in total. The van der Waals surface area contributed by atoms with E-state index in [0.717, 1.165) is 5.56 Å². The van der Waals surface area contributed by atoms with Crippen LogP contribution in [0.25, 0.3) is 11.3 Å². The molecule has 0 saturated carbocycles. The standard InChI is InChI=1S/C29H24F2N2O5S/c1-17-2-5-24(30)19(10-17)12-21(34)11-18-3-4-22(14-25(18)31)38-23-6-8-32-26(15-23)20-13-27(39-16-20)29(37)33-9-7-28(35)36/h2-6,8,10,13-16H,7,9,11-12H2,1H3,(H,33,37)(H,35,36). The number of thiophene rings is 1. The molecule has 0 aliphatic carbocycles. The average molecular weight is 551 g/mol. The second kappa shape index (κ2) is 12.4. The molecular weight excluding hydrogens is 526 g/mol. The maximum atomic E-state index is 14.8. The molecule has 0 spiro atoms. The summed E-state index contributed by atoms with van der Waals surface area (Å²) in [6.07, 6.45) is 1.04. The highest BCUT2D eigenvalue weighted by Crippen LogP contribution is 2.29. The molecule has 0 aliphatic heterocycles. The van der Waals surface area contributed by atoms with Gasteiger partial charge in [0.05, 0.1) is 17.0 Å². The zero-order valence-corrected chi connectivity index (χ0v) is 21.7. The van der Waals surface area contributed by atoms with Gasteiger partial charge in [0.25, 0.3) is 5.91 Å². The fourth-order valence-electron chi connectivity index (χ4n) is 3.79. The number of carboxylic acids is 1. The average Bonchev–Trinajstić information content (AvgIpc) is 3.38. The maximum Gasteiger partial charge on any atom is 0.305 e. The van der Waals surface area contributed by atoms with Crippen molar-refractivity contribution in [2.45, 2.75) is 26.2 Å². The first kappa shape index (κ1) is 27.6. The van der Waals surface area contributed by atoms with Crippen LogP contribution >= 0.6 is 11.3 Å². The van der Waals surface area contributed by atoms with Gasteiger partial charge in [-0.1, -0.05) is 23.8 Å². The summed E-state index contributed by atoms with van der Waals surface area (Å²) in [6, 6.07) is 13.6. The molecule has 0 saturated heterocycles. The molecular formula is C29H24F2N2O5S. The SMILES string of the molecule is Cc1ccc(F)c(CC(=O)Cc2ccc(Oc3ccnc(-c4csc(C(=O)NCCC(=O)O)c4)c3)cc2F)c1. The Morgan fingerprint density at radius 1 is 0.949 bits per heavy atom. The second-order valence-electron chi connectivity index (χ2n) is 8.82. The summed E-state index contributed by atoms with van der Waals surface area (Å²) in [5, 5.41) is 13.0. The van der Waals surface area contributed by atoms with Gasteiger partial charge in [0.15, 0.2) is 0 Å². The van der Waals surface area contributed by atoms with E-state index in [-0.39, 0.29) is 54.4 Å². The van der Waals surface area contributed by atoms with Crippen LogP contribution in [-0.4, -0.2) is 34.3 Å². The van der Waals surface area contributed by atoms with Crippen LogP contribution in [0.1, 0.15) is 32.8 Å². The summed E-state index contributed by atoms with van der Waals surface area (Å²) in [5.74, 6) is -2.16. The number of carbonyl (C=O) groups excluding carboxylic acids is 2. The molecule has 4 rings (SSSR count). The summed E-state index contributed by atoms with van der Waals surface area (Å²) < 4.78 is 34.5. The molecule has 2 N–H and O–H groups in total. The zero-order valence-electron chi connectivity index (χ0n) is 20.9. The number of aliphatic carboxylic acids is 1. The Morgan fingerprint density at radius 2 is 1.72 bits per heavy atom. The third-order valence-corrected chi connectivity index (χ3v) is 6.64. The number of rotatable bonds is 11. The lowest BCUT2D eigenvalue weighted by Crippen LogP contribution is -2.25. The number of nitrogens with zero attached hydrogens (tertiary/aromatic N) is 1. The summed E-state index contributed by atoms with van der Waals surface area (Å²) in [4.78, 5) is 40.0. The molecule has 0 atom stereocenters. The summed E-state index contributed by atoms with van der Waals surface area (Å²) in [7, 11) is 0. The smallest absolute Gasteiger partial charge is 0.305 e. The highest BCUT2D eigenvalue weighted by molar-refractivity contribution is 7.12. The van der Waals surface area contributed by atoms with E-state index in [0.29, 0.717) is 21.9 Å². The molecule has 0 radical (unpaired) electrons. The number of ether oxygens (including phenoxy) is 1. The van der Waals surface area contributed by atoms with Gasteiger partial charge in [-0.25, -0.2) is 8.78 Å². The molecule has 0 aliphatic rings. The van der Waals surface area contributed by atoms with Gasteiger partial charge in [-0.2, -0.15) is 0 Å². The van der Waals surface area contributed by atoms with Crippen LogP contribution in [0.2, 0.25) is 0 Å². The lowest BCUT2D eigenvalue weighted by atomic mass is 10.0. The first-order chi connectivity index (χ1) is 18.7. The maximum absolute atomic E-state index is 14.8. The second-order valence-corrected chi connectivity index (χ2v) is 9.73. The first-order valence-corrected chi connectivity index (χ1v) is 12.8. The summed E-state index contributed by atoms with van der Waals surface area (Å²) >= 11 is 1.19. The number of halogens is 2. The van der Waals surface area contributed by atoms with Crippen molar-refractivity contribution < 1.29 is 33.0 Å². The number of aryl methyl sites for hydroxylation is 1. The van der Waals surface area contributed by atoms with Crippen LogP contribution in [0.3, 0.4) is 0 Å². The third kappa shape index (κ3) is 7.55. The highest BCUT2D eigenvalue weighted by atomic mass is 32.1. The number of hydrogen-bond donors (Lipinski definition) is 2. The fraction of sp³-hybridized carbons (Fsp3) is 0.172. The van der Waals surface area contributed by atoms with Gasteiger partial charge in [-0.15, -0.1) is 11.3 Å². The number of hydrogen-bond acceptors (Lipinski definition) is 6. The lowest BCUT2D eigenvalue weighted by Gasteiger charge is -2.09. The van der Waals surface area contributed by atoms with Gasteiger partial charge in [-0.3, -0.25) is 19.4 Å². The summed E-state index contributed by atoms with van der Waals surface area (Å²) in [5.41, 5.74) is 2.50. The van der Waals surface area contributed by atoms with Gasteiger partial charge in [-0.05, 0) is 42.3 Å². The number of nitrogens with one attached hydrogen (secondary N) is 1. The Balaban J connectivity index is 1.39. The Hall–Kier alpha value is -4.44. The van der Waals surface area contributed by atoms with Crippen molar-refractivity contribution in [3.8, 4) is 22.8 Å². The molecule has 39 heavy (non-hydrogen) atoms. The van der Waals surface area contributed by atoms with Crippen molar-refractivity contribution in [3.63, 3.8) is 0 Å². The van der Waals surface area contributed by atoms with E-state index in [9.17, 15) is 23.2 Å². The Morgan fingerprint density at radius 3 is 2.49 bits per heavy atom. The largest absolute Gasteiger partial charge is 0.481 e. The number of ketones is 1. The van der Waals surface area contributed by atoms with Gasteiger partial charge < -0.3 is 15.2 Å². The molecule has 4 aromatic rings. The molecule has 0 fully saturated rings. The third-order valence-electron chi connectivity index (χ3n) is 5.71. The Labute approximate surface area is 227 Å². The molecule has 2 heterocycles. The van der Waals surface area contributed by atoms with E-state index in [4.69, 9.17) is 9.84 Å². The van der Waals surface area contributed by atoms with Gasteiger partial charge in [0.2, 0.25) is 0 Å². The number of amides is 1. The zero-order chi connectivity index (χ0) is 27.9. The quantitative estimate of drug-likeness (QED) is 0.247. The number of aromatic nitrogens is 1. The normalized spacial score (nSPS) is 10.7. The van der Waals surface area contributed by atoms with E-state index in [1.165, 1.54) is 35.7 Å². The molecule has 10 heteroatoms. The minimum absolute atomic E-state index is 0.0256. The molecule has 2 aromatic heterocycles. The monoisotopic (exact) mass is 550 g/mol.